The molecule has 2 nitrogen and oxygen atoms in total. The average Bonchev–Trinajstić information content (AvgIpc) is 2.18. The molecule has 1 aromatic rings. The molecular weight excluding hydrogens is 214 g/mol. The molecule has 0 aliphatic rings. The normalized spacial score (nSPS) is 10.0. The Labute approximate surface area is 92.5 Å². The maximum absolute atomic E-state index is 13.0. The highest BCUT2D eigenvalue weighted by atomic mass is 19.2. The first-order chi connectivity index (χ1) is 7.41. The van der Waals surface area contributed by atoms with E-state index in [-0.39, 0.29) is 23.7 Å². The second-order valence-corrected chi connectivity index (χ2v) is 3.56. The molecule has 0 unspecified atom stereocenters. The SMILES string of the molecule is C=C(C)COc1cc(F)c(F)cc1C(C)=O. The van der Waals surface area contributed by atoms with Crippen molar-refractivity contribution in [3.63, 3.8) is 0 Å². The highest BCUT2D eigenvalue weighted by molar-refractivity contribution is 5.96. The van der Waals surface area contributed by atoms with Crippen molar-refractivity contribution in [3.8, 4) is 5.75 Å². The van der Waals surface area contributed by atoms with Crippen molar-refractivity contribution in [3.05, 3.63) is 41.5 Å². The van der Waals surface area contributed by atoms with Gasteiger partial charge in [0.2, 0.25) is 0 Å². The van der Waals surface area contributed by atoms with Gasteiger partial charge in [-0.15, -0.1) is 0 Å². The summed E-state index contributed by atoms with van der Waals surface area (Å²) in [5, 5.41) is 0. The van der Waals surface area contributed by atoms with Gasteiger partial charge in [0.25, 0.3) is 0 Å². The number of benzene rings is 1. The quantitative estimate of drug-likeness (QED) is 0.582. The zero-order valence-electron chi connectivity index (χ0n) is 9.14. The molecule has 0 heterocycles. The summed E-state index contributed by atoms with van der Waals surface area (Å²) < 4.78 is 31.0. The number of halogens is 2. The Morgan fingerprint density at radius 1 is 1.31 bits per heavy atom. The minimum Gasteiger partial charge on any atom is -0.488 e. The predicted molar refractivity (Wildman–Crippen MR) is 56.7 cm³/mol. The van der Waals surface area contributed by atoms with Crippen LogP contribution in [-0.4, -0.2) is 12.4 Å². The summed E-state index contributed by atoms with van der Waals surface area (Å²) in [6.45, 7) is 6.76. The molecule has 0 saturated heterocycles. The van der Waals surface area contributed by atoms with Gasteiger partial charge in [0, 0.05) is 6.07 Å². The highest BCUT2D eigenvalue weighted by Gasteiger charge is 2.14. The molecule has 0 radical (unpaired) electrons. The van der Waals surface area contributed by atoms with Gasteiger partial charge in [-0.25, -0.2) is 8.78 Å². The molecule has 16 heavy (non-hydrogen) atoms. The molecule has 86 valence electrons. The Kier molecular flexibility index (Phi) is 3.77. The number of rotatable bonds is 4. The van der Waals surface area contributed by atoms with Crippen LogP contribution in [0.5, 0.6) is 5.75 Å². The fraction of sp³-hybridized carbons (Fsp3) is 0.250. The highest BCUT2D eigenvalue weighted by Crippen LogP contribution is 2.23. The number of hydrogen-bond donors (Lipinski definition) is 0. The summed E-state index contributed by atoms with van der Waals surface area (Å²) in [5.41, 5.74) is 0.749. The number of carbonyl (C=O) groups is 1. The van der Waals surface area contributed by atoms with E-state index in [2.05, 4.69) is 6.58 Å². The third kappa shape index (κ3) is 2.89. The lowest BCUT2D eigenvalue weighted by Gasteiger charge is -2.10. The predicted octanol–water partition coefficient (Wildman–Crippen LogP) is 3.12. The molecule has 0 aliphatic heterocycles. The molecule has 0 aromatic heterocycles. The Bertz CT molecular complexity index is 439. The van der Waals surface area contributed by atoms with Crippen LogP contribution in [0.3, 0.4) is 0 Å². The minimum atomic E-state index is -1.06. The van der Waals surface area contributed by atoms with Gasteiger partial charge in [-0.1, -0.05) is 6.58 Å². The summed E-state index contributed by atoms with van der Waals surface area (Å²) in [6.07, 6.45) is 0. The number of hydrogen-bond acceptors (Lipinski definition) is 2. The van der Waals surface area contributed by atoms with Gasteiger partial charge in [0.1, 0.15) is 12.4 Å². The monoisotopic (exact) mass is 226 g/mol. The zero-order valence-corrected chi connectivity index (χ0v) is 9.14. The summed E-state index contributed by atoms with van der Waals surface area (Å²) in [7, 11) is 0. The van der Waals surface area contributed by atoms with E-state index < -0.39 is 11.6 Å². The van der Waals surface area contributed by atoms with E-state index in [1.807, 2.05) is 0 Å². The molecule has 0 saturated carbocycles. The van der Waals surface area contributed by atoms with Gasteiger partial charge in [-0.05, 0) is 25.5 Å². The molecule has 0 N–H and O–H groups in total. The summed E-state index contributed by atoms with van der Waals surface area (Å²) >= 11 is 0. The molecule has 0 amide bonds. The van der Waals surface area contributed by atoms with Crippen LogP contribution in [-0.2, 0) is 0 Å². The van der Waals surface area contributed by atoms with Crippen molar-refractivity contribution in [1.82, 2.24) is 0 Å². The van der Waals surface area contributed by atoms with Crippen molar-refractivity contribution >= 4 is 5.78 Å². The van der Waals surface area contributed by atoms with Gasteiger partial charge < -0.3 is 4.74 Å². The molecular formula is C12H12F2O2. The Hall–Kier alpha value is -1.71. The molecule has 0 fully saturated rings. The smallest absolute Gasteiger partial charge is 0.163 e. The van der Waals surface area contributed by atoms with Crippen LogP contribution in [0.25, 0.3) is 0 Å². The van der Waals surface area contributed by atoms with Gasteiger partial charge in [0.15, 0.2) is 17.4 Å². The average molecular weight is 226 g/mol. The lowest BCUT2D eigenvalue weighted by atomic mass is 10.1. The first kappa shape index (κ1) is 12.4. The lowest BCUT2D eigenvalue weighted by Crippen LogP contribution is -2.05. The van der Waals surface area contributed by atoms with E-state index in [1.165, 1.54) is 6.92 Å². The van der Waals surface area contributed by atoms with Crippen molar-refractivity contribution in [2.24, 2.45) is 0 Å². The summed E-state index contributed by atoms with van der Waals surface area (Å²) in [4.78, 5) is 11.2. The third-order valence-corrected chi connectivity index (χ3v) is 1.88. The van der Waals surface area contributed by atoms with Crippen LogP contribution in [0.1, 0.15) is 24.2 Å². The molecule has 4 heteroatoms. The van der Waals surface area contributed by atoms with E-state index in [1.54, 1.807) is 6.92 Å². The van der Waals surface area contributed by atoms with E-state index in [0.717, 1.165) is 17.7 Å². The molecule has 0 atom stereocenters. The molecule has 1 aromatic carbocycles. The summed E-state index contributed by atoms with van der Waals surface area (Å²) in [6, 6.07) is 1.71. The Balaban J connectivity index is 3.09. The van der Waals surface area contributed by atoms with Gasteiger partial charge >= 0.3 is 0 Å². The number of ketones is 1. The lowest BCUT2D eigenvalue weighted by molar-refractivity contribution is 0.101. The number of ether oxygens (including phenoxy) is 1. The van der Waals surface area contributed by atoms with Crippen LogP contribution >= 0.6 is 0 Å². The maximum Gasteiger partial charge on any atom is 0.163 e. The van der Waals surface area contributed by atoms with Gasteiger partial charge in [0.05, 0.1) is 5.56 Å². The molecule has 0 bridgehead atoms. The molecule has 0 aliphatic carbocycles. The number of carbonyl (C=O) groups excluding carboxylic acids is 1. The first-order valence-corrected chi connectivity index (χ1v) is 4.69. The Morgan fingerprint density at radius 3 is 2.38 bits per heavy atom. The second kappa shape index (κ2) is 4.88. The Morgan fingerprint density at radius 2 is 1.88 bits per heavy atom. The fourth-order valence-corrected chi connectivity index (χ4v) is 1.12. The van der Waals surface area contributed by atoms with E-state index in [4.69, 9.17) is 4.74 Å². The standard InChI is InChI=1S/C12H12F2O2/c1-7(2)6-16-12-5-11(14)10(13)4-9(12)8(3)15/h4-5H,1,6H2,2-3H3. The van der Waals surface area contributed by atoms with E-state index >= 15 is 0 Å². The topological polar surface area (TPSA) is 26.3 Å². The second-order valence-electron chi connectivity index (χ2n) is 3.56. The molecule has 1 rings (SSSR count). The summed E-state index contributed by atoms with van der Waals surface area (Å²) in [5.74, 6) is -2.44. The van der Waals surface area contributed by atoms with Crippen LogP contribution in [0.4, 0.5) is 8.78 Å². The van der Waals surface area contributed by atoms with Crippen molar-refractivity contribution < 1.29 is 18.3 Å². The largest absolute Gasteiger partial charge is 0.488 e. The van der Waals surface area contributed by atoms with Crippen molar-refractivity contribution in [2.45, 2.75) is 13.8 Å². The van der Waals surface area contributed by atoms with Crippen molar-refractivity contribution in [1.29, 1.82) is 0 Å². The third-order valence-electron chi connectivity index (χ3n) is 1.88. The molecule has 0 spiro atoms. The number of Topliss-reactive ketones (excluding diaryl/α,β-unsaturated/α-hetero) is 1. The van der Waals surface area contributed by atoms with Crippen LogP contribution < -0.4 is 4.74 Å². The van der Waals surface area contributed by atoms with E-state index in [9.17, 15) is 13.6 Å². The van der Waals surface area contributed by atoms with Crippen LogP contribution in [0.15, 0.2) is 24.3 Å². The van der Waals surface area contributed by atoms with Gasteiger partial charge in [-0.3, -0.25) is 4.79 Å². The van der Waals surface area contributed by atoms with Crippen molar-refractivity contribution in [2.75, 3.05) is 6.61 Å². The van der Waals surface area contributed by atoms with E-state index in [0.29, 0.717) is 0 Å². The fourth-order valence-electron chi connectivity index (χ4n) is 1.12. The minimum absolute atomic E-state index is 0.0279. The zero-order chi connectivity index (χ0) is 12.3. The van der Waals surface area contributed by atoms with Crippen LogP contribution in [0.2, 0.25) is 0 Å². The first-order valence-electron chi connectivity index (χ1n) is 4.69. The van der Waals surface area contributed by atoms with Gasteiger partial charge in [-0.2, -0.15) is 0 Å². The van der Waals surface area contributed by atoms with Crippen LogP contribution in [0, 0.1) is 11.6 Å². The maximum atomic E-state index is 13.0.